The van der Waals surface area contributed by atoms with E-state index in [1.165, 1.54) is 11.3 Å². The number of aliphatic hydroxyl groups is 1. The van der Waals surface area contributed by atoms with Crippen molar-refractivity contribution in [2.75, 3.05) is 24.5 Å². The van der Waals surface area contributed by atoms with E-state index in [1.54, 1.807) is 0 Å². The van der Waals surface area contributed by atoms with Gasteiger partial charge in [0.05, 0.1) is 5.60 Å². The lowest BCUT2D eigenvalue weighted by Gasteiger charge is -2.31. The van der Waals surface area contributed by atoms with Crippen LogP contribution >= 0.6 is 15.9 Å². The van der Waals surface area contributed by atoms with Crippen molar-refractivity contribution < 1.29 is 5.11 Å². The molecule has 0 aromatic heterocycles. The van der Waals surface area contributed by atoms with Crippen LogP contribution in [0.2, 0.25) is 0 Å². The molecule has 2 N–H and O–H groups in total. The lowest BCUT2D eigenvalue weighted by molar-refractivity contribution is 0.0718. The maximum Gasteiger partial charge on any atom is 0.0917 e. The van der Waals surface area contributed by atoms with Crippen molar-refractivity contribution in [3.63, 3.8) is 0 Å². The molecular formula is C14H21BrN2O. The Balaban J connectivity index is 2.29. The quantitative estimate of drug-likeness (QED) is 0.835. The number of anilines is 1. The van der Waals surface area contributed by atoms with E-state index in [4.69, 9.17) is 0 Å². The third kappa shape index (κ3) is 3.25. The summed E-state index contributed by atoms with van der Waals surface area (Å²) in [6.07, 6.45) is 0. The Labute approximate surface area is 117 Å². The molecule has 1 aromatic carbocycles. The normalized spacial score (nSPS) is 29.2. The first-order valence-electron chi connectivity index (χ1n) is 6.34. The highest BCUT2D eigenvalue weighted by Crippen LogP contribution is 2.26. The Morgan fingerprint density at radius 2 is 2.22 bits per heavy atom. The molecule has 18 heavy (non-hydrogen) atoms. The molecule has 1 saturated heterocycles. The Hall–Kier alpha value is -0.580. The summed E-state index contributed by atoms with van der Waals surface area (Å²) in [5, 5.41) is 13.7. The van der Waals surface area contributed by atoms with E-state index in [2.05, 4.69) is 58.2 Å². The first-order chi connectivity index (χ1) is 8.37. The number of hydrogen-bond donors (Lipinski definition) is 2. The molecular weight excluding hydrogens is 292 g/mol. The molecule has 3 nitrogen and oxygen atoms in total. The highest BCUT2D eigenvalue weighted by atomic mass is 79.9. The fourth-order valence-corrected chi connectivity index (χ4v) is 2.95. The zero-order valence-corrected chi connectivity index (χ0v) is 12.8. The maximum atomic E-state index is 10.3. The minimum Gasteiger partial charge on any atom is -0.387 e. The molecule has 0 aliphatic carbocycles. The highest BCUT2D eigenvalue weighted by molar-refractivity contribution is 9.10. The Bertz CT molecular complexity index is 434. The van der Waals surface area contributed by atoms with Gasteiger partial charge in [0, 0.05) is 35.8 Å². The van der Waals surface area contributed by atoms with Gasteiger partial charge in [0.15, 0.2) is 0 Å². The number of hydrogen-bond acceptors (Lipinski definition) is 3. The molecule has 2 unspecified atom stereocenters. The molecule has 100 valence electrons. The van der Waals surface area contributed by atoms with Crippen LogP contribution in [-0.4, -0.2) is 36.4 Å². The van der Waals surface area contributed by atoms with E-state index in [0.717, 1.165) is 11.0 Å². The van der Waals surface area contributed by atoms with Crippen LogP contribution in [0.4, 0.5) is 5.69 Å². The molecule has 0 bridgehead atoms. The zero-order chi connectivity index (χ0) is 13.3. The summed E-state index contributed by atoms with van der Waals surface area (Å²) in [6.45, 7) is 8.37. The SMILES string of the molecule is Cc1cc(Br)ccc1N1CC(C)NCC(C)(O)C1. The molecule has 1 aromatic rings. The van der Waals surface area contributed by atoms with E-state index >= 15 is 0 Å². The van der Waals surface area contributed by atoms with Crippen molar-refractivity contribution in [2.24, 2.45) is 0 Å². The number of aryl methyl sites for hydroxylation is 1. The number of nitrogens with zero attached hydrogens (tertiary/aromatic N) is 1. The van der Waals surface area contributed by atoms with E-state index < -0.39 is 5.60 Å². The van der Waals surface area contributed by atoms with Crippen molar-refractivity contribution in [2.45, 2.75) is 32.4 Å². The van der Waals surface area contributed by atoms with Gasteiger partial charge in [-0.25, -0.2) is 0 Å². The second-order valence-electron chi connectivity index (χ2n) is 5.59. The summed E-state index contributed by atoms with van der Waals surface area (Å²) < 4.78 is 1.09. The molecule has 1 heterocycles. The third-order valence-corrected chi connectivity index (χ3v) is 3.85. The Morgan fingerprint density at radius 1 is 1.50 bits per heavy atom. The first-order valence-corrected chi connectivity index (χ1v) is 7.13. The van der Waals surface area contributed by atoms with Gasteiger partial charge >= 0.3 is 0 Å². The summed E-state index contributed by atoms with van der Waals surface area (Å²) in [4.78, 5) is 2.27. The van der Waals surface area contributed by atoms with Gasteiger partial charge in [-0.3, -0.25) is 0 Å². The molecule has 0 saturated carbocycles. The molecule has 1 aliphatic rings. The lowest BCUT2D eigenvalue weighted by Crippen LogP contribution is -2.43. The van der Waals surface area contributed by atoms with Gasteiger partial charge in [-0.1, -0.05) is 15.9 Å². The summed E-state index contributed by atoms with van der Waals surface area (Å²) in [6, 6.07) is 6.67. The summed E-state index contributed by atoms with van der Waals surface area (Å²) >= 11 is 3.49. The topological polar surface area (TPSA) is 35.5 Å². The average molecular weight is 313 g/mol. The molecule has 2 rings (SSSR count). The van der Waals surface area contributed by atoms with Crippen LogP contribution in [0, 0.1) is 6.92 Å². The molecule has 1 aliphatic heterocycles. The van der Waals surface area contributed by atoms with Crippen LogP contribution in [0.1, 0.15) is 19.4 Å². The fraction of sp³-hybridized carbons (Fsp3) is 0.571. The largest absolute Gasteiger partial charge is 0.387 e. The fourth-order valence-electron chi connectivity index (χ4n) is 2.48. The second kappa shape index (κ2) is 5.19. The smallest absolute Gasteiger partial charge is 0.0917 e. The monoisotopic (exact) mass is 312 g/mol. The number of nitrogens with one attached hydrogen (secondary N) is 1. The van der Waals surface area contributed by atoms with Crippen molar-refractivity contribution in [3.8, 4) is 0 Å². The van der Waals surface area contributed by atoms with Crippen LogP contribution in [-0.2, 0) is 0 Å². The molecule has 0 radical (unpaired) electrons. The molecule has 0 spiro atoms. The highest BCUT2D eigenvalue weighted by Gasteiger charge is 2.29. The Morgan fingerprint density at radius 3 is 2.89 bits per heavy atom. The predicted molar refractivity (Wildman–Crippen MR) is 79.2 cm³/mol. The summed E-state index contributed by atoms with van der Waals surface area (Å²) in [7, 11) is 0. The van der Waals surface area contributed by atoms with Gasteiger partial charge in [0.25, 0.3) is 0 Å². The van der Waals surface area contributed by atoms with Gasteiger partial charge in [-0.15, -0.1) is 0 Å². The van der Waals surface area contributed by atoms with Gasteiger partial charge < -0.3 is 15.3 Å². The van der Waals surface area contributed by atoms with Crippen LogP contribution in [0.15, 0.2) is 22.7 Å². The van der Waals surface area contributed by atoms with Crippen LogP contribution < -0.4 is 10.2 Å². The molecule has 4 heteroatoms. The summed E-state index contributed by atoms with van der Waals surface area (Å²) in [5.74, 6) is 0. The van der Waals surface area contributed by atoms with E-state index in [9.17, 15) is 5.11 Å². The maximum absolute atomic E-state index is 10.3. The second-order valence-corrected chi connectivity index (χ2v) is 6.51. The van der Waals surface area contributed by atoms with Gasteiger partial charge in [0.1, 0.15) is 0 Å². The average Bonchev–Trinajstić information content (AvgIpc) is 2.37. The lowest BCUT2D eigenvalue weighted by atomic mass is 10.1. The minimum absolute atomic E-state index is 0.377. The van der Waals surface area contributed by atoms with Crippen molar-refractivity contribution in [3.05, 3.63) is 28.2 Å². The van der Waals surface area contributed by atoms with E-state index in [-0.39, 0.29) is 0 Å². The first kappa shape index (κ1) is 13.8. The number of benzene rings is 1. The van der Waals surface area contributed by atoms with Gasteiger partial charge in [-0.05, 0) is 44.5 Å². The van der Waals surface area contributed by atoms with Crippen molar-refractivity contribution >= 4 is 21.6 Å². The van der Waals surface area contributed by atoms with Crippen LogP contribution in [0.5, 0.6) is 0 Å². The molecule has 0 amide bonds. The van der Waals surface area contributed by atoms with E-state index in [0.29, 0.717) is 19.1 Å². The minimum atomic E-state index is -0.690. The van der Waals surface area contributed by atoms with Gasteiger partial charge in [-0.2, -0.15) is 0 Å². The van der Waals surface area contributed by atoms with E-state index in [1.807, 2.05) is 6.92 Å². The number of rotatable bonds is 1. The summed E-state index contributed by atoms with van der Waals surface area (Å²) in [5.41, 5.74) is 1.74. The number of halogens is 1. The standard InChI is InChI=1S/C14H21BrN2O/c1-10-6-12(15)4-5-13(10)17-7-11(2)16-8-14(3,18)9-17/h4-6,11,16,18H,7-9H2,1-3H3. The van der Waals surface area contributed by atoms with Gasteiger partial charge in [0.2, 0.25) is 0 Å². The number of β-amino-alcohol motifs (C(OH)–C–C–N with tert-alkyl or cyclic N) is 1. The Kier molecular flexibility index (Phi) is 3.99. The van der Waals surface area contributed by atoms with Crippen molar-refractivity contribution in [1.82, 2.24) is 5.32 Å². The zero-order valence-electron chi connectivity index (χ0n) is 11.2. The van der Waals surface area contributed by atoms with Crippen LogP contribution in [0.3, 0.4) is 0 Å². The predicted octanol–water partition coefficient (Wildman–Crippen LogP) is 2.31. The van der Waals surface area contributed by atoms with Crippen molar-refractivity contribution in [1.29, 1.82) is 0 Å². The molecule has 2 atom stereocenters. The third-order valence-electron chi connectivity index (χ3n) is 3.36. The van der Waals surface area contributed by atoms with Crippen LogP contribution in [0.25, 0.3) is 0 Å². The molecule has 1 fully saturated rings.